The molecule has 1 N–H and O–H groups in total. The van der Waals surface area contributed by atoms with Crippen molar-refractivity contribution >= 4 is 5.91 Å². The molecule has 1 aliphatic heterocycles. The van der Waals surface area contributed by atoms with E-state index in [4.69, 9.17) is 0 Å². The molecule has 1 aromatic heterocycles. The SMILES string of the molecule is O=C(c1ccc(C(F)(F)F)cn1)N1CCC(NCC2CC2)CC1. The van der Waals surface area contributed by atoms with Gasteiger partial charge in [0.05, 0.1) is 5.56 Å². The van der Waals surface area contributed by atoms with Crippen molar-refractivity contribution in [3.05, 3.63) is 29.6 Å². The summed E-state index contributed by atoms with van der Waals surface area (Å²) in [5, 5.41) is 3.53. The molecule has 1 saturated heterocycles. The molecule has 2 aliphatic rings. The van der Waals surface area contributed by atoms with Gasteiger partial charge in [-0.15, -0.1) is 0 Å². The molecule has 0 aromatic carbocycles. The molecule has 4 nitrogen and oxygen atoms in total. The summed E-state index contributed by atoms with van der Waals surface area (Å²) in [5.74, 6) is 0.533. The van der Waals surface area contributed by atoms with Gasteiger partial charge in [-0.05, 0) is 50.3 Å². The van der Waals surface area contributed by atoms with Crippen LogP contribution in [0, 0.1) is 5.92 Å². The van der Waals surface area contributed by atoms with Crippen LogP contribution in [0.4, 0.5) is 13.2 Å². The van der Waals surface area contributed by atoms with E-state index >= 15 is 0 Å². The lowest BCUT2D eigenvalue weighted by Gasteiger charge is -2.32. The Morgan fingerprint density at radius 1 is 1.22 bits per heavy atom. The number of halogens is 3. The second-order valence-electron chi connectivity index (χ2n) is 6.35. The first-order chi connectivity index (χ1) is 10.9. The molecule has 0 atom stereocenters. The summed E-state index contributed by atoms with van der Waals surface area (Å²) in [6.07, 6.45) is 0.656. The molecule has 2 fully saturated rings. The van der Waals surface area contributed by atoms with Gasteiger partial charge in [-0.1, -0.05) is 0 Å². The second kappa shape index (κ2) is 6.47. The summed E-state index contributed by atoms with van der Waals surface area (Å²) in [6.45, 7) is 2.28. The minimum absolute atomic E-state index is 0.0717. The van der Waals surface area contributed by atoms with E-state index in [9.17, 15) is 18.0 Å². The van der Waals surface area contributed by atoms with Crippen molar-refractivity contribution in [3.63, 3.8) is 0 Å². The van der Waals surface area contributed by atoms with Gasteiger partial charge < -0.3 is 10.2 Å². The molecule has 0 unspecified atom stereocenters. The molecule has 0 radical (unpaired) electrons. The molecule has 23 heavy (non-hydrogen) atoms. The summed E-state index contributed by atoms with van der Waals surface area (Å²) >= 11 is 0. The number of aromatic nitrogens is 1. The average Bonchev–Trinajstić information content (AvgIpc) is 3.36. The highest BCUT2D eigenvalue weighted by Gasteiger charge is 2.31. The number of nitrogens with zero attached hydrogens (tertiary/aromatic N) is 2. The number of carbonyl (C=O) groups excluding carboxylic acids is 1. The number of carbonyl (C=O) groups is 1. The third kappa shape index (κ3) is 4.22. The van der Waals surface area contributed by atoms with Crippen molar-refractivity contribution in [3.8, 4) is 0 Å². The maximum absolute atomic E-state index is 12.5. The Bertz CT molecular complexity index is 547. The van der Waals surface area contributed by atoms with E-state index in [-0.39, 0.29) is 11.6 Å². The van der Waals surface area contributed by atoms with Crippen molar-refractivity contribution in [1.82, 2.24) is 15.2 Å². The maximum atomic E-state index is 12.5. The monoisotopic (exact) mass is 327 g/mol. The first-order valence-electron chi connectivity index (χ1n) is 7.99. The van der Waals surface area contributed by atoms with Gasteiger partial charge in [0, 0.05) is 25.3 Å². The number of rotatable bonds is 4. The minimum atomic E-state index is -4.43. The summed E-state index contributed by atoms with van der Waals surface area (Å²) < 4.78 is 37.5. The van der Waals surface area contributed by atoms with Gasteiger partial charge in [0.15, 0.2) is 0 Å². The van der Waals surface area contributed by atoms with Crippen LogP contribution in [-0.2, 0) is 6.18 Å². The molecule has 126 valence electrons. The maximum Gasteiger partial charge on any atom is 0.417 e. The lowest BCUT2D eigenvalue weighted by molar-refractivity contribution is -0.137. The smallest absolute Gasteiger partial charge is 0.337 e. The number of nitrogens with one attached hydrogen (secondary N) is 1. The Morgan fingerprint density at radius 2 is 1.91 bits per heavy atom. The number of piperidine rings is 1. The fourth-order valence-corrected chi connectivity index (χ4v) is 2.79. The molecular weight excluding hydrogens is 307 g/mol. The molecule has 1 aromatic rings. The van der Waals surface area contributed by atoms with Crippen molar-refractivity contribution in [2.75, 3.05) is 19.6 Å². The van der Waals surface area contributed by atoms with Crippen molar-refractivity contribution in [2.45, 2.75) is 37.9 Å². The van der Waals surface area contributed by atoms with Crippen LogP contribution >= 0.6 is 0 Å². The highest BCUT2D eigenvalue weighted by Crippen LogP contribution is 2.29. The van der Waals surface area contributed by atoms with Gasteiger partial charge >= 0.3 is 6.18 Å². The van der Waals surface area contributed by atoms with E-state index in [1.807, 2.05) is 0 Å². The number of likely N-dealkylation sites (tertiary alicyclic amines) is 1. The lowest BCUT2D eigenvalue weighted by atomic mass is 10.0. The highest BCUT2D eigenvalue weighted by atomic mass is 19.4. The lowest BCUT2D eigenvalue weighted by Crippen LogP contribution is -2.45. The Balaban J connectivity index is 1.52. The van der Waals surface area contributed by atoms with E-state index in [1.165, 1.54) is 12.8 Å². The van der Waals surface area contributed by atoms with E-state index in [1.54, 1.807) is 4.90 Å². The van der Waals surface area contributed by atoms with Gasteiger partial charge in [0.1, 0.15) is 5.69 Å². The van der Waals surface area contributed by atoms with Gasteiger partial charge in [0.2, 0.25) is 0 Å². The summed E-state index contributed by atoms with van der Waals surface area (Å²) in [5.41, 5.74) is -0.764. The number of pyridine rings is 1. The molecule has 3 rings (SSSR count). The van der Waals surface area contributed by atoms with Gasteiger partial charge in [0.25, 0.3) is 5.91 Å². The standard InChI is InChI=1S/C16H20F3N3O/c17-16(18,19)12-3-4-14(21-10-12)15(23)22-7-5-13(6-8-22)20-9-11-1-2-11/h3-4,10-11,13,20H,1-2,5-9H2. The minimum Gasteiger partial charge on any atom is -0.337 e. The Morgan fingerprint density at radius 3 is 2.43 bits per heavy atom. The molecule has 1 aliphatic carbocycles. The Hall–Kier alpha value is -1.63. The zero-order valence-corrected chi connectivity index (χ0v) is 12.8. The van der Waals surface area contributed by atoms with E-state index in [2.05, 4.69) is 10.3 Å². The number of hydrogen-bond acceptors (Lipinski definition) is 3. The summed E-state index contributed by atoms with van der Waals surface area (Å²) in [4.78, 5) is 17.7. The first-order valence-corrected chi connectivity index (χ1v) is 7.99. The number of alkyl halides is 3. The summed E-state index contributed by atoms with van der Waals surface area (Å²) in [7, 11) is 0. The van der Waals surface area contributed by atoms with Crippen molar-refractivity contribution < 1.29 is 18.0 Å². The molecule has 1 saturated carbocycles. The largest absolute Gasteiger partial charge is 0.417 e. The molecule has 7 heteroatoms. The van der Waals surface area contributed by atoms with Crippen LogP contribution in [0.15, 0.2) is 18.3 Å². The average molecular weight is 327 g/mol. The van der Waals surface area contributed by atoms with E-state index < -0.39 is 11.7 Å². The van der Waals surface area contributed by atoms with Gasteiger partial charge in [-0.25, -0.2) is 0 Å². The normalized spacial score (nSPS) is 19.9. The van der Waals surface area contributed by atoms with Crippen LogP contribution in [0.1, 0.15) is 41.7 Å². The Labute approximate surface area is 133 Å². The molecule has 2 heterocycles. The third-order valence-corrected chi connectivity index (χ3v) is 4.48. The molecule has 0 spiro atoms. The van der Waals surface area contributed by atoms with Crippen molar-refractivity contribution in [2.24, 2.45) is 5.92 Å². The van der Waals surface area contributed by atoms with Crippen LogP contribution in [0.5, 0.6) is 0 Å². The fourth-order valence-electron chi connectivity index (χ4n) is 2.79. The van der Waals surface area contributed by atoms with Crippen LogP contribution in [-0.4, -0.2) is 41.5 Å². The van der Waals surface area contributed by atoms with Crippen LogP contribution in [0.25, 0.3) is 0 Å². The zero-order valence-electron chi connectivity index (χ0n) is 12.8. The quantitative estimate of drug-likeness (QED) is 0.925. The Kier molecular flexibility index (Phi) is 4.57. The highest BCUT2D eigenvalue weighted by molar-refractivity contribution is 5.92. The van der Waals surface area contributed by atoms with Crippen molar-refractivity contribution in [1.29, 1.82) is 0 Å². The van der Waals surface area contributed by atoms with Crippen LogP contribution in [0.2, 0.25) is 0 Å². The molecular formula is C16H20F3N3O. The van der Waals surface area contributed by atoms with E-state index in [0.29, 0.717) is 19.1 Å². The van der Waals surface area contributed by atoms with E-state index in [0.717, 1.165) is 43.6 Å². The molecule has 1 amide bonds. The van der Waals surface area contributed by atoms with Crippen LogP contribution < -0.4 is 5.32 Å². The molecule has 0 bridgehead atoms. The zero-order chi connectivity index (χ0) is 16.4. The number of amides is 1. The fraction of sp³-hybridized carbons (Fsp3) is 0.625. The predicted molar refractivity (Wildman–Crippen MR) is 78.9 cm³/mol. The summed E-state index contributed by atoms with van der Waals surface area (Å²) in [6, 6.07) is 2.49. The van der Waals surface area contributed by atoms with Gasteiger partial charge in [-0.2, -0.15) is 13.2 Å². The first kappa shape index (κ1) is 16.2. The predicted octanol–water partition coefficient (Wildman–Crippen LogP) is 2.70. The van der Waals surface area contributed by atoms with Gasteiger partial charge in [-0.3, -0.25) is 9.78 Å². The second-order valence-corrected chi connectivity index (χ2v) is 6.35. The third-order valence-electron chi connectivity index (χ3n) is 4.48. The number of hydrogen-bond donors (Lipinski definition) is 1. The van der Waals surface area contributed by atoms with Crippen LogP contribution in [0.3, 0.4) is 0 Å². The topological polar surface area (TPSA) is 45.2 Å².